The van der Waals surface area contributed by atoms with E-state index in [-0.39, 0.29) is 11.5 Å². The lowest BCUT2D eigenvalue weighted by Crippen LogP contribution is -2.37. The number of hydrogen-bond acceptors (Lipinski definition) is 4. The van der Waals surface area contributed by atoms with Gasteiger partial charge in [-0.1, -0.05) is 48.0 Å². The Hall–Kier alpha value is -3.39. The van der Waals surface area contributed by atoms with Crippen LogP contribution in [-0.2, 0) is 14.3 Å². The second kappa shape index (κ2) is 8.63. The smallest absolute Gasteiger partial charge is 0.349 e. The number of para-hydroxylation sites is 1. The zero-order chi connectivity index (χ0) is 19.1. The van der Waals surface area contributed by atoms with E-state index in [1.807, 2.05) is 43.3 Å². The topological polar surface area (TPSA) is 70.4 Å². The lowest BCUT2D eigenvalue weighted by Gasteiger charge is -2.21. The second-order valence-corrected chi connectivity index (χ2v) is 5.86. The molecule has 0 N–H and O–H groups in total. The monoisotopic (exact) mass is 348 g/mol. The van der Waals surface area contributed by atoms with Crippen molar-refractivity contribution in [3.05, 3.63) is 71.3 Å². The van der Waals surface area contributed by atoms with Crippen LogP contribution < -0.4 is 4.90 Å². The largest absolute Gasteiger partial charge is 0.448 e. The van der Waals surface area contributed by atoms with Crippen LogP contribution in [0.3, 0.4) is 0 Å². The van der Waals surface area contributed by atoms with Gasteiger partial charge in [-0.25, -0.2) is 4.79 Å². The van der Waals surface area contributed by atoms with Crippen molar-refractivity contribution in [2.24, 2.45) is 0 Å². The Morgan fingerprint density at radius 3 is 2.31 bits per heavy atom. The average Bonchev–Trinajstić information content (AvgIpc) is 2.66. The van der Waals surface area contributed by atoms with Gasteiger partial charge < -0.3 is 9.64 Å². The first-order chi connectivity index (χ1) is 12.4. The summed E-state index contributed by atoms with van der Waals surface area (Å²) in [5.41, 5.74) is 2.32. The third-order valence-electron chi connectivity index (χ3n) is 3.83. The van der Waals surface area contributed by atoms with Crippen molar-refractivity contribution >= 4 is 23.6 Å². The van der Waals surface area contributed by atoms with Crippen LogP contribution in [-0.4, -0.2) is 25.0 Å². The number of amides is 1. The molecule has 5 heteroatoms. The highest BCUT2D eigenvalue weighted by Crippen LogP contribution is 2.15. The molecule has 0 aliphatic heterocycles. The van der Waals surface area contributed by atoms with E-state index in [4.69, 9.17) is 4.74 Å². The number of carbonyl (C=O) groups excluding carboxylic acids is 2. The highest BCUT2D eigenvalue weighted by Gasteiger charge is 2.24. The fourth-order valence-corrected chi connectivity index (χ4v) is 2.29. The molecule has 0 unspecified atom stereocenters. The standard InChI is InChI=1S/C21H20N2O3/c1-15-9-11-17(12-10-15)13-18(14-22)21(25)26-16(2)20(24)23(3)19-7-5-4-6-8-19/h4-13,16H,1-3H3/b18-13+/t16-/m0/s1. The molecule has 0 aromatic heterocycles. The fourth-order valence-electron chi connectivity index (χ4n) is 2.29. The number of anilines is 1. The molecule has 0 radical (unpaired) electrons. The Morgan fingerprint density at radius 2 is 1.73 bits per heavy atom. The number of aryl methyl sites for hydroxylation is 1. The van der Waals surface area contributed by atoms with Crippen molar-refractivity contribution in [1.29, 1.82) is 5.26 Å². The molecule has 0 heterocycles. The van der Waals surface area contributed by atoms with Crippen molar-refractivity contribution in [1.82, 2.24) is 0 Å². The minimum Gasteiger partial charge on any atom is -0.448 e. The number of benzene rings is 2. The molecule has 0 saturated heterocycles. The van der Waals surface area contributed by atoms with Gasteiger partial charge in [0.1, 0.15) is 11.6 Å². The van der Waals surface area contributed by atoms with E-state index in [1.165, 1.54) is 17.9 Å². The molecule has 26 heavy (non-hydrogen) atoms. The minimum atomic E-state index is -1.01. The van der Waals surface area contributed by atoms with Gasteiger partial charge in [0, 0.05) is 12.7 Å². The van der Waals surface area contributed by atoms with Gasteiger partial charge in [0.15, 0.2) is 6.10 Å². The van der Waals surface area contributed by atoms with Crippen LogP contribution in [0.1, 0.15) is 18.1 Å². The summed E-state index contributed by atoms with van der Waals surface area (Å²) in [7, 11) is 1.61. The molecular weight excluding hydrogens is 328 g/mol. The first kappa shape index (κ1) is 18.9. The van der Waals surface area contributed by atoms with E-state index in [0.717, 1.165) is 5.56 Å². The average molecular weight is 348 g/mol. The molecule has 0 bridgehead atoms. The van der Waals surface area contributed by atoms with Gasteiger partial charge in [-0.05, 0) is 37.6 Å². The van der Waals surface area contributed by atoms with Gasteiger partial charge in [0.2, 0.25) is 0 Å². The van der Waals surface area contributed by atoms with Crippen LogP contribution in [0.15, 0.2) is 60.2 Å². The van der Waals surface area contributed by atoms with Crippen LogP contribution in [0.2, 0.25) is 0 Å². The number of rotatable bonds is 5. The molecule has 0 aliphatic carbocycles. The molecule has 2 aromatic carbocycles. The van der Waals surface area contributed by atoms with Gasteiger partial charge in [-0.15, -0.1) is 0 Å². The SMILES string of the molecule is Cc1ccc(/C=C(\C#N)C(=O)O[C@@H](C)C(=O)N(C)c2ccccc2)cc1. The maximum absolute atomic E-state index is 12.4. The second-order valence-electron chi connectivity index (χ2n) is 5.86. The summed E-state index contributed by atoms with van der Waals surface area (Å²) in [4.78, 5) is 26.1. The van der Waals surface area contributed by atoms with Crippen LogP contribution >= 0.6 is 0 Å². The number of carbonyl (C=O) groups is 2. The summed E-state index contributed by atoms with van der Waals surface area (Å²) in [6.07, 6.45) is 0.433. The maximum atomic E-state index is 12.4. The summed E-state index contributed by atoms with van der Waals surface area (Å²) in [5, 5.41) is 9.24. The third-order valence-corrected chi connectivity index (χ3v) is 3.83. The van der Waals surface area contributed by atoms with Crippen molar-refractivity contribution in [2.45, 2.75) is 20.0 Å². The molecular formula is C21H20N2O3. The predicted octanol–water partition coefficient (Wildman–Crippen LogP) is 3.50. The van der Waals surface area contributed by atoms with E-state index in [1.54, 1.807) is 31.3 Å². The first-order valence-corrected chi connectivity index (χ1v) is 8.14. The molecule has 5 nitrogen and oxygen atoms in total. The summed E-state index contributed by atoms with van der Waals surface area (Å²) in [5.74, 6) is -1.20. The summed E-state index contributed by atoms with van der Waals surface area (Å²) in [6, 6.07) is 18.2. The quantitative estimate of drug-likeness (QED) is 0.471. The van der Waals surface area contributed by atoms with Crippen molar-refractivity contribution in [3.63, 3.8) is 0 Å². The maximum Gasteiger partial charge on any atom is 0.349 e. The molecule has 132 valence electrons. The highest BCUT2D eigenvalue weighted by molar-refractivity contribution is 6.01. The Bertz CT molecular complexity index is 849. The van der Waals surface area contributed by atoms with Crippen LogP contribution in [0.4, 0.5) is 5.69 Å². The number of likely N-dealkylation sites (N-methyl/N-ethyl adjacent to an activating group) is 1. The van der Waals surface area contributed by atoms with Gasteiger partial charge in [0.25, 0.3) is 5.91 Å². The van der Waals surface area contributed by atoms with Crippen LogP contribution in [0.5, 0.6) is 0 Å². The fraction of sp³-hybridized carbons (Fsp3) is 0.190. The Morgan fingerprint density at radius 1 is 1.12 bits per heavy atom. The lowest BCUT2D eigenvalue weighted by atomic mass is 10.1. The number of esters is 1. The molecule has 0 saturated carbocycles. The number of ether oxygens (including phenoxy) is 1. The van der Waals surface area contributed by atoms with E-state index >= 15 is 0 Å². The van der Waals surface area contributed by atoms with Crippen LogP contribution in [0.25, 0.3) is 6.08 Å². The molecule has 2 rings (SSSR count). The van der Waals surface area contributed by atoms with E-state index in [2.05, 4.69) is 0 Å². The molecule has 1 atom stereocenters. The lowest BCUT2D eigenvalue weighted by molar-refractivity contribution is -0.149. The number of nitriles is 1. The third kappa shape index (κ3) is 4.81. The zero-order valence-corrected chi connectivity index (χ0v) is 15.0. The van der Waals surface area contributed by atoms with Crippen molar-refractivity contribution in [3.8, 4) is 6.07 Å². The van der Waals surface area contributed by atoms with E-state index < -0.39 is 12.1 Å². The van der Waals surface area contributed by atoms with Crippen molar-refractivity contribution < 1.29 is 14.3 Å². The Labute approximate surface area is 153 Å². The molecule has 2 aromatic rings. The minimum absolute atomic E-state index is 0.157. The summed E-state index contributed by atoms with van der Waals surface area (Å²) < 4.78 is 5.18. The highest BCUT2D eigenvalue weighted by atomic mass is 16.5. The van der Waals surface area contributed by atoms with E-state index in [0.29, 0.717) is 11.3 Å². The number of hydrogen-bond donors (Lipinski definition) is 0. The van der Waals surface area contributed by atoms with Gasteiger partial charge in [0.05, 0.1) is 0 Å². The predicted molar refractivity (Wildman–Crippen MR) is 100 cm³/mol. The molecule has 0 spiro atoms. The zero-order valence-electron chi connectivity index (χ0n) is 15.0. The molecule has 1 amide bonds. The Balaban J connectivity index is 2.08. The first-order valence-electron chi connectivity index (χ1n) is 8.14. The normalized spacial score (nSPS) is 12.0. The van der Waals surface area contributed by atoms with Gasteiger partial charge in [-0.3, -0.25) is 4.79 Å². The van der Waals surface area contributed by atoms with Crippen molar-refractivity contribution in [2.75, 3.05) is 11.9 Å². The number of nitrogens with zero attached hydrogens (tertiary/aromatic N) is 2. The molecule has 0 aliphatic rings. The van der Waals surface area contributed by atoms with E-state index in [9.17, 15) is 14.9 Å². The van der Waals surface area contributed by atoms with Gasteiger partial charge in [-0.2, -0.15) is 5.26 Å². The summed E-state index contributed by atoms with van der Waals surface area (Å²) >= 11 is 0. The Kier molecular flexibility index (Phi) is 6.29. The van der Waals surface area contributed by atoms with Crippen LogP contribution in [0, 0.1) is 18.3 Å². The summed E-state index contributed by atoms with van der Waals surface area (Å²) in [6.45, 7) is 3.43. The molecule has 0 fully saturated rings. The van der Waals surface area contributed by atoms with Gasteiger partial charge >= 0.3 is 5.97 Å².